The van der Waals surface area contributed by atoms with Crippen molar-refractivity contribution in [3.8, 4) is 0 Å². The molecule has 0 aromatic rings. The lowest BCUT2D eigenvalue weighted by Gasteiger charge is -2.36. The van der Waals surface area contributed by atoms with E-state index in [1.807, 2.05) is 27.7 Å². The van der Waals surface area contributed by atoms with E-state index in [9.17, 15) is 9.00 Å². The zero-order valence-corrected chi connectivity index (χ0v) is 18.4. The summed E-state index contributed by atoms with van der Waals surface area (Å²) in [7, 11) is 0.727. The topological polar surface area (TPSA) is 86.3 Å². The maximum absolute atomic E-state index is 12.2. The number of nitrogens with one attached hydrogen (secondary N) is 2. The predicted octanol–water partition coefficient (Wildman–Crippen LogP) is -0.121. The van der Waals surface area contributed by atoms with Crippen molar-refractivity contribution < 1.29 is 13.7 Å². The van der Waals surface area contributed by atoms with Gasteiger partial charge in [0, 0.05) is 67.7 Å². The Balaban J connectivity index is 2.45. The molecular weight excluding hydrogens is 366 g/mol. The summed E-state index contributed by atoms with van der Waals surface area (Å²) < 4.78 is 16.9. The van der Waals surface area contributed by atoms with Gasteiger partial charge < -0.3 is 20.3 Å². The minimum Gasteiger partial charge on any atom is -0.383 e. The first-order valence-electron chi connectivity index (χ1n) is 9.67. The molecule has 1 rings (SSSR count). The minimum atomic E-state index is -0.894. The summed E-state index contributed by atoms with van der Waals surface area (Å²) in [5, 5.41) is 6.17. The molecule has 0 bridgehead atoms. The second-order valence-corrected chi connectivity index (χ2v) is 9.83. The molecule has 1 aliphatic rings. The van der Waals surface area contributed by atoms with Crippen LogP contribution in [0.5, 0.6) is 0 Å². The first-order valence-corrected chi connectivity index (χ1v) is 11.0. The highest BCUT2D eigenvalue weighted by molar-refractivity contribution is 7.86. The lowest BCUT2D eigenvalue weighted by Crippen LogP contribution is -2.54. The van der Waals surface area contributed by atoms with E-state index >= 15 is 0 Å². The molecule has 0 aromatic heterocycles. The molecule has 0 spiro atoms. The lowest BCUT2D eigenvalue weighted by molar-refractivity contribution is -0.122. The fraction of sp³-hybridized carbons (Fsp3) is 0.889. The van der Waals surface area contributed by atoms with Crippen molar-refractivity contribution in [2.75, 3.05) is 71.8 Å². The molecule has 1 fully saturated rings. The zero-order chi connectivity index (χ0) is 20.3. The number of hydrogen-bond acceptors (Lipinski definition) is 5. The predicted molar refractivity (Wildman–Crippen MR) is 112 cm³/mol. The largest absolute Gasteiger partial charge is 0.383 e. The van der Waals surface area contributed by atoms with Gasteiger partial charge in [0.25, 0.3) is 0 Å². The first kappa shape index (κ1) is 23.8. The van der Waals surface area contributed by atoms with Crippen LogP contribution in [0.25, 0.3) is 0 Å². The maximum atomic E-state index is 12.2. The Morgan fingerprint density at radius 3 is 2.41 bits per heavy atom. The molecule has 8 nitrogen and oxygen atoms in total. The summed E-state index contributed by atoms with van der Waals surface area (Å²) in [6.07, 6.45) is 0. The van der Waals surface area contributed by atoms with E-state index in [0.29, 0.717) is 32.0 Å². The van der Waals surface area contributed by atoms with Crippen LogP contribution in [0.2, 0.25) is 0 Å². The van der Waals surface area contributed by atoms with Crippen molar-refractivity contribution in [1.82, 2.24) is 20.4 Å². The van der Waals surface area contributed by atoms with E-state index in [4.69, 9.17) is 4.74 Å². The molecule has 1 unspecified atom stereocenters. The number of carbonyl (C=O) groups is 1. The summed E-state index contributed by atoms with van der Waals surface area (Å²) in [6.45, 7) is 14.1. The third-order valence-corrected chi connectivity index (χ3v) is 6.14. The van der Waals surface area contributed by atoms with Crippen LogP contribution in [0.4, 0.5) is 0 Å². The highest BCUT2D eigenvalue weighted by Crippen LogP contribution is 2.11. The average Bonchev–Trinajstić information content (AvgIpc) is 2.61. The van der Waals surface area contributed by atoms with Gasteiger partial charge in [-0.15, -0.1) is 0 Å². The van der Waals surface area contributed by atoms with Gasteiger partial charge in [-0.1, -0.05) is 0 Å². The van der Waals surface area contributed by atoms with Gasteiger partial charge in [0.05, 0.1) is 19.7 Å². The van der Waals surface area contributed by atoms with Crippen molar-refractivity contribution in [3.63, 3.8) is 0 Å². The fourth-order valence-corrected chi connectivity index (χ4v) is 3.51. The van der Waals surface area contributed by atoms with Crippen LogP contribution in [0.15, 0.2) is 4.99 Å². The number of ether oxygens (including phenoxy) is 1. The summed E-state index contributed by atoms with van der Waals surface area (Å²) in [5.41, 5.74) is 0. The van der Waals surface area contributed by atoms with Crippen molar-refractivity contribution in [1.29, 1.82) is 0 Å². The molecule has 9 heteroatoms. The summed E-state index contributed by atoms with van der Waals surface area (Å²) in [4.78, 5) is 20.9. The van der Waals surface area contributed by atoms with Crippen LogP contribution >= 0.6 is 0 Å². The van der Waals surface area contributed by atoms with Crippen molar-refractivity contribution in [2.45, 2.75) is 32.4 Å². The summed E-state index contributed by atoms with van der Waals surface area (Å²) in [6, 6.07) is 0. The molecule has 1 heterocycles. The Hall–Kier alpha value is -1.19. The molecular formula is C18H37N5O3S. The highest BCUT2D eigenvalue weighted by atomic mass is 32.2. The number of amides is 1. The molecule has 1 saturated heterocycles. The Morgan fingerprint density at radius 1 is 1.19 bits per heavy atom. The average molecular weight is 404 g/mol. The molecule has 0 saturated carbocycles. The number of rotatable bonds is 9. The van der Waals surface area contributed by atoms with E-state index in [2.05, 4.69) is 25.4 Å². The number of nitrogens with zero attached hydrogens (tertiary/aromatic N) is 3. The Morgan fingerprint density at radius 2 is 1.85 bits per heavy atom. The SMILES string of the molecule is CCNC(=NCCS(=O)C(C)(C)C)N1CCN(CC(=O)NCCOC)CC1. The van der Waals surface area contributed by atoms with Gasteiger partial charge in [0.1, 0.15) is 0 Å². The molecule has 27 heavy (non-hydrogen) atoms. The van der Waals surface area contributed by atoms with Gasteiger partial charge in [-0.05, 0) is 27.7 Å². The smallest absolute Gasteiger partial charge is 0.234 e. The standard InChI is InChI=1S/C18H37N5O3S/c1-6-19-17(21-8-14-27(25)18(2,3)4)23-11-9-22(10-12-23)15-16(24)20-7-13-26-5/h6-15H2,1-5H3,(H,19,21)(H,20,24). The van der Waals surface area contributed by atoms with E-state index in [0.717, 1.165) is 38.7 Å². The normalized spacial score (nSPS) is 17.7. The molecule has 1 atom stereocenters. The molecule has 0 aromatic carbocycles. The van der Waals surface area contributed by atoms with Gasteiger partial charge in [-0.25, -0.2) is 0 Å². The number of carbonyl (C=O) groups excluding carboxylic acids is 1. The summed E-state index contributed by atoms with van der Waals surface area (Å²) in [5.74, 6) is 1.47. The van der Waals surface area contributed by atoms with E-state index < -0.39 is 10.8 Å². The van der Waals surface area contributed by atoms with Crippen LogP contribution in [-0.4, -0.2) is 102 Å². The lowest BCUT2D eigenvalue weighted by atomic mass is 10.3. The molecule has 2 N–H and O–H groups in total. The van der Waals surface area contributed by atoms with E-state index in [1.54, 1.807) is 7.11 Å². The summed E-state index contributed by atoms with van der Waals surface area (Å²) >= 11 is 0. The molecule has 0 aliphatic carbocycles. The van der Waals surface area contributed by atoms with Crippen molar-refractivity contribution >= 4 is 22.7 Å². The van der Waals surface area contributed by atoms with Crippen LogP contribution in [0, 0.1) is 0 Å². The number of aliphatic imine (C=N–C) groups is 1. The van der Waals surface area contributed by atoms with Gasteiger partial charge in [-0.3, -0.25) is 18.9 Å². The maximum Gasteiger partial charge on any atom is 0.234 e. The highest BCUT2D eigenvalue weighted by Gasteiger charge is 2.22. The van der Waals surface area contributed by atoms with Crippen LogP contribution in [0.3, 0.4) is 0 Å². The van der Waals surface area contributed by atoms with Gasteiger partial charge in [0.15, 0.2) is 5.96 Å². The monoisotopic (exact) mass is 403 g/mol. The number of hydrogen-bond donors (Lipinski definition) is 2. The van der Waals surface area contributed by atoms with Crippen LogP contribution in [0.1, 0.15) is 27.7 Å². The number of guanidine groups is 1. The van der Waals surface area contributed by atoms with Crippen molar-refractivity contribution in [2.24, 2.45) is 4.99 Å². The number of piperazine rings is 1. The molecule has 1 aliphatic heterocycles. The fourth-order valence-electron chi connectivity index (χ4n) is 2.64. The second kappa shape index (κ2) is 12.3. The third kappa shape index (κ3) is 9.53. The molecule has 0 radical (unpaired) electrons. The molecule has 1 amide bonds. The van der Waals surface area contributed by atoms with Crippen LogP contribution in [-0.2, 0) is 20.3 Å². The van der Waals surface area contributed by atoms with Gasteiger partial charge >= 0.3 is 0 Å². The van der Waals surface area contributed by atoms with Gasteiger partial charge in [-0.2, -0.15) is 0 Å². The van der Waals surface area contributed by atoms with Crippen molar-refractivity contribution in [3.05, 3.63) is 0 Å². The van der Waals surface area contributed by atoms with Crippen LogP contribution < -0.4 is 10.6 Å². The zero-order valence-electron chi connectivity index (χ0n) is 17.5. The minimum absolute atomic E-state index is 0.0331. The Kier molecular flexibility index (Phi) is 10.9. The van der Waals surface area contributed by atoms with E-state index in [1.165, 1.54) is 0 Å². The van der Waals surface area contributed by atoms with Gasteiger partial charge in [0.2, 0.25) is 5.91 Å². The number of methoxy groups -OCH3 is 1. The Labute approximate surface area is 166 Å². The Bertz CT molecular complexity index is 500. The first-order chi connectivity index (χ1) is 12.8. The third-order valence-electron chi connectivity index (χ3n) is 4.22. The second-order valence-electron chi connectivity index (χ2n) is 7.50. The molecule has 158 valence electrons. The quantitative estimate of drug-likeness (QED) is 0.317. The van der Waals surface area contributed by atoms with E-state index in [-0.39, 0.29) is 10.7 Å².